The van der Waals surface area contributed by atoms with Gasteiger partial charge in [0, 0.05) is 34.3 Å². The second kappa shape index (κ2) is 27.9. The number of aromatic amines is 2. The average molecular weight is 1220 g/mol. The first kappa shape index (κ1) is 69.3. The molecular weight excluding hydrogens is 1110 g/mol. The van der Waals surface area contributed by atoms with Gasteiger partial charge in [-0.2, -0.15) is 0 Å². The van der Waals surface area contributed by atoms with E-state index in [9.17, 15) is 0 Å². The second-order valence-corrected chi connectivity index (χ2v) is 43.0. The van der Waals surface area contributed by atoms with Gasteiger partial charge in [0.05, 0.1) is 71.4 Å². The first-order chi connectivity index (χ1) is 41.0. The summed E-state index contributed by atoms with van der Waals surface area (Å²) >= 11 is 0. The molecule has 0 radical (unpaired) electrons. The van der Waals surface area contributed by atoms with Crippen LogP contribution < -0.4 is 18.9 Å². The normalized spacial score (nSPS) is 13.2. The lowest BCUT2D eigenvalue weighted by atomic mass is 9.93. The highest BCUT2D eigenvalue weighted by Gasteiger charge is 2.43. The number of H-pyrrole nitrogens is 2. The third kappa shape index (κ3) is 17.2. The van der Waals surface area contributed by atoms with Crippen LogP contribution in [0, 0.1) is 44.6 Å². The number of aromatic nitrogens is 4. The maximum absolute atomic E-state index is 6.70. The van der Waals surface area contributed by atoms with E-state index in [0.717, 1.165) is 127 Å². The Morgan fingerprint density at radius 2 is 0.614 bits per heavy atom. The van der Waals surface area contributed by atoms with Crippen molar-refractivity contribution in [2.24, 2.45) is 21.7 Å². The predicted octanol–water partition coefficient (Wildman–Crippen LogP) is 22.4. The van der Waals surface area contributed by atoms with Gasteiger partial charge < -0.3 is 28.9 Å². The van der Waals surface area contributed by atoms with Gasteiger partial charge in [-0.1, -0.05) is 178 Å². The summed E-state index contributed by atoms with van der Waals surface area (Å²) in [6, 6.07) is 21.5. The molecule has 5 aromatic rings. The first-order valence-electron chi connectivity index (χ1n) is 33.0. The van der Waals surface area contributed by atoms with E-state index >= 15 is 0 Å². The van der Waals surface area contributed by atoms with Gasteiger partial charge >= 0.3 is 0 Å². The van der Waals surface area contributed by atoms with Gasteiger partial charge in [-0.25, -0.2) is 9.97 Å². The summed E-state index contributed by atoms with van der Waals surface area (Å²) < 4.78 is 26.8. The predicted molar refractivity (Wildman–Crippen MR) is 384 cm³/mol. The number of hydrogen-bond donors (Lipinski definition) is 2. The van der Waals surface area contributed by atoms with Crippen molar-refractivity contribution in [2.75, 3.05) is 26.4 Å². The standard InChI is InChI=1S/C78H110N4O4Si2/c1-51(2)87(52(3)4,53(5)6)43-33-63-65-25-29-69(79-65)73(57-45-59(83-39-35-75(13,14)15)49-60(46-57)84-40-36-76(16,17)18)71-31-27-67(81-71)64(34-44-88(54(7)8,55(9)10)56(11)12)68-28-32-72(82-68)74(70-30-26-66(63)80-70)58-47-61(85-41-37-77(19,20)21)50-62(48-58)86-42-38-78(22,23)24/h25-32,45-56,79,82H,35-42H2,1-24H3. The van der Waals surface area contributed by atoms with Crippen LogP contribution in [0.25, 0.3) is 68.6 Å². The Bertz CT molecular complexity index is 3270. The third-order valence-corrected chi connectivity index (χ3v) is 30.7. The van der Waals surface area contributed by atoms with E-state index in [1.165, 1.54) is 0 Å². The minimum Gasteiger partial charge on any atom is -0.493 e. The van der Waals surface area contributed by atoms with E-state index in [0.29, 0.717) is 59.7 Å². The fourth-order valence-electron chi connectivity index (χ4n) is 12.9. The summed E-state index contributed by atoms with van der Waals surface area (Å²) in [5.74, 6) is 10.9. The Morgan fingerprint density at radius 1 is 0.364 bits per heavy atom. The monoisotopic (exact) mass is 1220 g/mol. The van der Waals surface area contributed by atoms with Gasteiger partial charge in [0.25, 0.3) is 0 Å². The summed E-state index contributed by atoms with van der Waals surface area (Å²) in [5, 5.41) is 0. The van der Waals surface area contributed by atoms with Crippen LogP contribution in [-0.2, 0) is 0 Å². The molecule has 0 spiro atoms. The molecule has 0 saturated heterocycles. The van der Waals surface area contributed by atoms with Crippen LogP contribution in [0.15, 0.2) is 60.7 Å². The first-order valence-corrected chi connectivity index (χ1v) is 37.5. The summed E-state index contributed by atoms with van der Waals surface area (Å²) in [6.45, 7) is 57.8. The minimum absolute atomic E-state index is 0.0992. The van der Waals surface area contributed by atoms with Crippen molar-refractivity contribution in [3.63, 3.8) is 0 Å². The molecule has 7 rings (SSSR count). The molecule has 0 unspecified atom stereocenters. The van der Waals surface area contributed by atoms with Gasteiger partial charge in [-0.15, -0.1) is 11.1 Å². The lowest BCUT2D eigenvalue weighted by Crippen LogP contribution is -2.43. The Labute approximate surface area is 534 Å². The molecule has 2 aliphatic rings. The van der Waals surface area contributed by atoms with E-state index in [2.05, 4.69) is 272 Å². The molecule has 10 heteroatoms. The molecular formula is C78H110N4O4Si2. The third-order valence-electron chi connectivity index (χ3n) is 18.1. The molecule has 474 valence electrons. The van der Waals surface area contributed by atoms with Crippen LogP contribution in [-0.4, -0.2) is 62.5 Å². The Morgan fingerprint density at radius 3 is 0.864 bits per heavy atom. The SMILES string of the molecule is CC(C)[Si](C#Cc1c2nc(c(-c3cc(OCCC(C)(C)C)cc(OCCC(C)(C)C)c3)c3ccc([nH]3)c(C#C[Si](C(C)C)(C(C)C)C(C)C)c3nc(c(-c4cc(OCCC(C)(C)C)cc(OCCC(C)(C)C)c4)c4ccc1[nH]4)C=C3)C=C2)(C(C)C)C(C)C. The van der Waals surface area contributed by atoms with Gasteiger partial charge in [0.1, 0.15) is 39.1 Å². The topological polar surface area (TPSA) is 94.3 Å². The lowest BCUT2D eigenvalue weighted by Gasteiger charge is -2.38. The summed E-state index contributed by atoms with van der Waals surface area (Å²) in [6.07, 6.45) is 12.2. The van der Waals surface area contributed by atoms with Gasteiger partial charge in [0.15, 0.2) is 0 Å². The maximum Gasteiger partial charge on any atom is 0.146 e. The van der Waals surface area contributed by atoms with Crippen LogP contribution in [0.5, 0.6) is 23.0 Å². The largest absolute Gasteiger partial charge is 0.493 e. The summed E-state index contributed by atoms with van der Waals surface area (Å²) in [7, 11) is -4.51. The van der Waals surface area contributed by atoms with Crippen LogP contribution in [0.4, 0.5) is 0 Å². The Hall–Kier alpha value is -6.21. The van der Waals surface area contributed by atoms with E-state index in [-0.39, 0.29) is 21.7 Å². The number of nitrogens with zero attached hydrogens (tertiary/aromatic N) is 2. The molecule has 0 saturated carbocycles. The minimum atomic E-state index is -2.26. The maximum atomic E-state index is 6.70. The lowest BCUT2D eigenvalue weighted by molar-refractivity contribution is 0.233. The molecule has 0 aliphatic carbocycles. The zero-order valence-corrected chi connectivity index (χ0v) is 60.7. The van der Waals surface area contributed by atoms with Crippen molar-refractivity contribution in [3.05, 3.63) is 94.6 Å². The van der Waals surface area contributed by atoms with Crippen molar-refractivity contribution in [1.82, 2.24) is 19.9 Å². The molecule has 5 heterocycles. The average Bonchev–Trinajstić information content (AvgIpc) is 2.49. The molecule has 88 heavy (non-hydrogen) atoms. The zero-order chi connectivity index (χ0) is 64.9. The van der Waals surface area contributed by atoms with Crippen molar-refractivity contribution in [1.29, 1.82) is 0 Å². The molecule has 0 fully saturated rings. The highest BCUT2D eigenvalue weighted by atomic mass is 28.3. The van der Waals surface area contributed by atoms with E-state index in [1.54, 1.807) is 0 Å². The van der Waals surface area contributed by atoms with Crippen molar-refractivity contribution in [2.45, 2.75) is 225 Å². The molecule has 3 aromatic heterocycles. The number of rotatable bonds is 20. The molecule has 8 nitrogen and oxygen atoms in total. The fourth-order valence-corrected chi connectivity index (χ4v) is 23.4. The molecule has 2 aliphatic heterocycles. The van der Waals surface area contributed by atoms with Crippen LogP contribution in [0.2, 0.25) is 33.2 Å². The molecule has 2 N–H and O–H groups in total. The summed E-state index contributed by atoms with van der Waals surface area (Å²) in [4.78, 5) is 19.4. The van der Waals surface area contributed by atoms with Crippen molar-refractivity contribution >= 4 is 62.5 Å². The van der Waals surface area contributed by atoms with Crippen LogP contribution in [0.1, 0.15) is 226 Å². The zero-order valence-electron chi connectivity index (χ0n) is 58.7. The van der Waals surface area contributed by atoms with Gasteiger partial charge in [0.2, 0.25) is 0 Å². The number of nitrogens with one attached hydrogen (secondary N) is 2. The smallest absolute Gasteiger partial charge is 0.146 e. The van der Waals surface area contributed by atoms with Crippen LogP contribution in [0.3, 0.4) is 0 Å². The van der Waals surface area contributed by atoms with Crippen LogP contribution >= 0.6 is 0 Å². The van der Waals surface area contributed by atoms with Crippen molar-refractivity contribution < 1.29 is 18.9 Å². The highest BCUT2D eigenvalue weighted by Crippen LogP contribution is 2.44. The molecule has 2 aromatic carbocycles. The Kier molecular flexibility index (Phi) is 22.0. The molecule has 8 bridgehead atoms. The number of hydrogen-bond acceptors (Lipinski definition) is 6. The Balaban J connectivity index is 1.69. The van der Waals surface area contributed by atoms with Gasteiger partial charge in [-0.3, -0.25) is 0 Å². The highest BCUT2D eigenvalue weighted by molar-refractivity contribution is 6.91. The second-order valence-electron chi connectivity index (χ2n) is 31.8. The number of fused-ring (bicyclic) bond motifs is 8. The summed E-state index contributed by atoms with van der Waals surface area (Å²) in [5.41, 5.74) is 23.3. The van der Waals surface area contributed by atoms with Crippen molar-refractivity contribution in [3.8, 4) is 68.2 Å². The number of benzene rings is 2. The fraction of sp³-hybridized carbons (Fsp3) is 0.538. The molecule has 0 amide bonds. The molecule has 0 atom stereocenters. The van der Waals surface area contributed by atoms with E-state index in [1.807, 2.05) is 12.1 Å². The quantitative estimate of drug-likeness (QED) is 0.0583. The van der Waals surface area contributed by atoms with E-state index in [4.69, 9.17) is 28.9 Å². The van der Waals surface area contributed by atoms with E-state index < -0.39 is 16.1 Å². The number of ether oxygens (including phenoxy) is 4. The van der Waals surface area contributed by atoms with Gasteiger partial charge in [-0.05, 0) is 165 Å².